The molecule has 2 aromatic rings. The van der Waals surface area contributed by atoms with E-state index in [0.717, 1.165) is 23.5 Å². The summed E-state index contributed by atoms with van der Waals surface area (Å²) in [6, 6.07) is 6.04. The van der Waals surface area contributed by atoms with Gasteiger partial charge in [0.25, 0.3) is 5.91 Å². The zero-order valence-electron chi connectivity index (χ0n) is 11.9. The normalized spacial score (nSPS) is 10.6. The van der Waals surface area contributed by atoms with Gasteiger partial charge in [-0.25, -0.2) is 9.37 Å². The zero-order valence-corrected chi connectivity index (χ0v) is 13.6. The Balaban J connectivity index is 1.83. The molecule has 1 amide bonds. The van der Waals surface area contributed by atoms with E-state index >= 15 is 0 Å². The molecular formula is C15H17FN2O2S2. The molecule has 0 aliphatic rings. The Morgan fingerprint density at radius 3 is 2.82 bits per heavy atom. The summed E-state index contributed by atoms with van der Waals surface area (Å²) in [7, 11) is 0. The first kappa shape index (κ1) is 16.9. The summed E-state index contributed by atoms with van der Waals surface area (Å²) in [6.45, 7) is 0.767. The molecule has 0 unspecified atom stereocenters. The van der Waals surface area contributed by atoms with E-state index in [1.807, 2.05) is 0 Å². The highest BCUT2D eigenvalue weighted by molar-refractivity contribution is 7.99. The van der Waals surface area contributed by atoms with Crippen LogP contribution in [0.25, 0.3) is 10.6 Å². The lowest BCUT2D eigenvalue weighted by Gasteiger charge is -2.02. The van der Waals surface area contributed by atoms with Gasteiger partial charge in [-0.05, 0) is 36.4 Å². The molecular weight excluding hydrogens is 323 g/mol. The third-order valence-electron chi connectivity index (χ3n) is 2.81. The molecule has 0 fully saturated rings. The SMILES string of the molecule is O=C(NCCSCCCO)c1csc(-c2ccc(F)cc2)n1. The first-order valence-corrected chi connectivity index (χ1v) is 8.92. The minimum atomic E-state index is -0.294. The van der Waals surface area contributed by atoms with Crippen molar-refractivity contribution in [2.24, 2.45) is 0 Å². The van der Waals surface area contributed by atoms with Crippen molar-refractivity contribution in [3.05, 3.63) is 41.2 Å². The molecule has 0 bridgehead atoms. The Labute approximate surface area is 136 Å². The van der Waals surface area contributed by atoms with E-state index in [1.165, 1.54) is 23.5 Å². The van der Waals surface area contributed by atoms with E-state index in [9.17, 15) is 9.18 Å². The first-order chi connectivity index (χ1) is 10.7. The van der Waals surface area contributed by atoms with Gasteiger partial charge in [0.15, 0.2) is 0 Å². The van der Waals surface area contributed by atoms with E-state index in [-0.39, 0.29) is 18.3 Å². The Morgan fingerprint density at radius 2 is 2.09 bits per heavy atom. The van der Waals surface area contributed by atoms with E-state index < -0.39 is 0 Å². The highest BCUT2D eigenvalue weighted by Gasteiger charge is 2.11. The second kappa shape index (κ2) is 8.87. The largest absolute Gasteiger partial charge is 0.396 e. The van der Waals surface area contributed by atoms with E-state index in [2.05, 4.69) is 10.3 Å². The van der Waals surface area contributed by atoms with Crippen LogP contribution in [0, 0.1) is 5.82 Å². The first-order valence-electron chi connectivity index (χ1n) is 6.89. The average molecular weight is 340 g/mol. The van der Waals surface area contributed by atoms with Crippen LogP contribution in [0.1, 0.15) is 16.9 Å². The van der Waals surface area contributed by atoms with Crippen LogP contribution in [0.2, 0.25) is 0 Å². The Bertz CT molecular complexity index is 602. The monoisotopic (exact) mass is 340 g/mol. The number of aliphatic hydroxyl groups excluding tert-OH is 1. The molecule has 0 saturated carbocycles. The van der Waals surface area contributed by atoms with Crippen molar-refractivity contribution in [1.29, 1.82) is 0 Å². The van der Waals surface area contributed by atoms with Gasteiger partial charge >= 0.3 is 0 Å². The van der Waals surface area contributed by atoms with Crippen molar-refractivity contribution in [3.8, 4) is 10.6 Å². The van der Waals surface area contributed by atoms with Crippen LogP contribution in [-0.2, 0) is 0 Å². The quantitative estimate of drug-likeness (QED) is 0.726. The molecule has 0 aliphatic carbocycles. The number of carbonyl (C=O) groups excluding carboxylic acids is 1. The van der Waals surface area contributed by atoms with Crippen LogP contribution in [-0.4, -0.2) is 40.7 Å². The number of hydrogen-bond acceptors (Lipinski definition) is 5. The highest BCUT2D eigenvalue weighted by Crippen LogP contribution is 2.23. The smallest absolute Gasteiger partial charge is 0.270 e. The summed E-state index contributed by atoms with van der Waals surface area (Å²) in [6.07, 6.45) is 0.770. The summed E-state index contributed by atoms with van der Waals surface area (Å²) >= 11 is 3.05. The summed E-state index contributed by atoms with van der Waals surface area (Å²) in [5, 5.41) is 13.9. The van der Waals surface area contributed by atoms with Crippen LogP contribution in [0.3, 0.4) is 0 Å². The lowest BCUT2D eigenvalue weighted by atomic mass is 10.2. The lowest BCUT2D eigenvalue weighted by molar-refractivity contribution is 0.0952. The number of nitrogens with one attached hydrogen (secondary N) is 1. The number of carbonyl (C=O) groups is 1. The van der Waals surface area contributed by atoms with E-state index in [4.69, 9.17) is 5.11 Å². The van der Waals surface area contributed by atoms with Crippen molar-refractivity contribution in [2.45, 2.75) is 6.42 Å². The number of aromatic nitrogens is 1. The van der Waals surface area contributed by atoms with Crippen LogP contribution in [0.4, 0.5) is 4.39 Å². The van der Waals surface area contributed by atoms with Gasteiger partial charge in [0.1, 0.15) is 16.5 Å². The van der Waals surface area contributed by atoms with Gasteiger partial charge in [-0.3, -0.25) is 4.79 Å². The molecule has 1 heterocycles. The van der Waals surface area contributed by atoms with Crippen LogP contribution >= 0.6 is 23.1 Å². The number of thioether (sulfide) groups is 1. The summed E-state index contributed by atoms with van der Waals surface area (Å²) in [5.74, 6) is 1.20. The number of benzene rings is 1. The van der Waals surface area contributed by atoms with Gasteiger partial charge in [-0.2, -0.15) is 11.8 Å². The fourth-order valence-electron chi connectivity index (χ4n) is 1.70. The van der Waals surface area contributed by atoms with Gasteiger partial charge in [0.05, 0.1) is 0 Å². The molecule has 2 N–H and O–H groups in total. The molecule has 2 rings (SSSR count). The predicted octanol–water partition coefficient (Wildman–Crippen LogP) is 2.79. The second-order valence-electron chi connectivity index (χ2n) is 4.49. The minimum absolute atomic E-state index is 0.199. The molecule has 1 aromatic carbocycles. The third-order valence-corrected chi connectivity index (χ3v) is 4.77. The number of amides is 1. The molecule has 4 nitrogen and oxygen atoms in total. The van der Waals surface area contributed by atoms with Crippen LogP contribution < -0.4 is 5.32 Å². The lowest BCUT2D eigenvalue weighted by Crippen LogP contribution is -2.26. The average Bonchev–Trinajstić information content (AvgIpc) is 3.01. The maximum absolute atomic E-state index is 12.9. The molecule has 0 spiro atoms. The standard InChI is InChI=1S/C15H17FN2O2S2/c16-12-4-2-11(3-5-12)15-18-13(10-22-15)14(20)17-6-9-21-8-1-7-19/h2-5,10,19H,1,6-9H2,(H,17,20). The number of halogens is 1. The fraction of sp³-hybridized carbons (Fsp3) is 0.333. The molecule has 7 heteroatoms. The predicted molar refractivity (Wildman–Crippen MR) is 88.9 cm³/mol. The topological polar surface area (TPSA) is 62.2 Å². The van der Waals surface area contributed by atoms with E-state index in [0.29, 0.717) is 17.2 Å². The van der Waals surface area contributed by atoms with Crippen LogP contribution in [0.5, 0.6) is 0 Å². The fourth-order valence-corrected chi connectivity index (χ4v) is 3.29. The maximum atomic E-state index is 12.9. The molecule has 0 aliphatic heterocycles. The van der Waals surface area contributed by atoms with Crippen molar-refractivity contribution in [3.63, 3.8) is 0 Å². The van der Waals surface area contributed by atoms with Gasteiger partial charge in [-0.15, -0.1) is 11.3 Å². The van der Waals surface area contributed by atoms with Crippen molar-refractivity contribution >= 4 is 29.0 Å². The van der Waals surface area contributed by atoms with Gasteiger partial charge in [0.2, 0.25) is 0 Å². The van der Waals surface area contributed by atoms with Gasteiger partial charge < -0.3 is 10.4 Å². The molecule has 22 heavy (non-hydrogen) atoms. The van der Waals surface area contributed by atoms with Crippen molar-refractivity contribution in [1.82, 2.24) is 10.3 Å². The maximum Gasteiger partial charge on any atom is 0.270 e. The van der Waals surface area contributed by atoms with Crippen molar-refractivity contribution in [2.75, 3.05) is 24.7 Å². The minimum Gasteiger partial charge on any atom is -0.396 e. The summed E-state index contributed by atoms with van der Waals surface area (Å²) in [5.41, 5.74) is 1.18. The summed E-state index contributed by atoms with van der Waals surface area (Å²) in [4.78, 5) is 16.2. The number of nitrogens with zero attached hydrogens (tertiary/aromatic N) is 1. The number of hydrogen-bond donors (Lipinski definition) is 2. The Kier molecular flexibility index (Phi) is 6.82. The molecule has 118 valence electrons. The highest BCUT2D eigenvalue weighted by atomic mass is 32.2. The molecule has 1 aromatic heterocycles. The Morgan fingerprint density at radius 1 is 1.32 bits per heavy atom. The number of thiazole rings is 1. The second-order valence-corrected chi connectivity index (χ2v) is 6.57. The van der Waals surface area contributed by atoms with Crippen LogP contribution in [0.15, 0.2) is 29.6 Å². The van der Waals surface area contributed by atoms with E-state index in [1.54, 1.807) is 29.3 Å². The molecule has 0 radical (unpaired) electrons. The number of rotatable bonds is 8. The molecule has 0 atom stereocenters. The third kappa shape index (κ3) is 5.08. The molecule has 0 saturated heterocycles. The summed E-state index contributed by atoms with van der Waals surface area (Å²) < 4.78 is 12.9. The van der Waals surface area contributed by atoms with Crippen molar-refractivity contribution < 1.29 is 14.3 Å². The van der Waals surface area contributed by atoms with Gasteiger partial charge in [-0.1, -0.05) is 0 Å². The zero-order chi connectivity index (χ0) is 15.8. The number of aliphatic hydroxyl groups is 1. The Hall–Kier alpha value is -1.44. The van der Waals surface area contributed by atoms with Gasteiger partial charge in [0, 0.05) is 29.8 Å².